The summed E-state index contributed by atoms with van der Waals surface area (Å²) >= 11 is 0. The molecule has 10 aromatic rings. The third-order valence-corrected chi connectivity index (χ3v) is 10.8. The number of furan rings is 1. The van der Waals surface area contributed by atoms with Crippen LogP contribution in [0.2, 0.25) is 0 Å². The van der Waals surface area contributed by atoms with Crippen molar-refractivity contribution in [2.75, 3.05) is 0 Å². The summed E-state index contributed by atoms with van der Waals surface area (Å²) in [4.78, 5) is 10.4. The maximum absolute atomic E-state index is 6.90. The molecule has 0 atom stereocenters. The van der Waals surface area contributed by atoms with Gasteiger partial charge in [-0.25, -0.2) is 9.97 Å². The molecule has 1 aliphatic carbocycles. The zero-order valence-corrected chi connectivity index (χ0v) is 31.4. The van der Waals surface area contributed by atoms with Gasteiger partial charge in [0.1, 0.15) is 16.8 Å². The van der Waals surface area contributed by atoms with Gasteiger partial charge >= 0.3 is 0 Å². The van der Waals surface area contributed by atoms with Gasteiger partial charge in [-0.1, -0.05) is 147 Å². The molecule has 11 rings (SSSR count). The monoisotopic (exact) mass is 721 g/mol. The van der Waals surface area contributed by atoms with E-state index in [0.29, 0.717) is 11.4 Å². The highest BCUT2D eigenvalue weighted by Crippen LogP contribution is 2.41. The third-order valence-electron chi connectivity index (χ3n) is 10.8. The lowest BCUT2D eigenvalue weighted by atomic mass is 9.96. The molecule has 268 valence electrons. The Labute approximate surface area is 325 Å². The summed E-state index contributed by atoms with van der Waals surface area (Å²) in [6.45, 7) is 4.00. The normalized spacial score (nSPS) is 12.7. The predicted octanol–water partition coefficient (Wildman–Crippen LogP) is 14.4. The van der Waals surface area contributed by atoms with Crippen LogP contribution in [0.1, 0.15) is 32.3 Å². The van der Waals surface area contributed by atoms with Crippen LogP contribution in [0, 0.1) is 0 Å². The van der Waals surface area contributed by atoms with Crippen LogP contribution in [0.25, 0.3) is 99.7 Å². The molecule has 0 aliphatic heterocycles. The van der Waals surface area contributed by atoms with Crippen molar-refractivity contribution < 1.29 is 4.42 Å². The number of hydrogen-bond donors (Lipinski definition) is 0. The van der Waals surface area contributed by atoms with Gasteiger partial charge in [-0.2, -0.15) is 0 Å². The van der Waals surface area contributed by atoms with E-state index in [0.717, 1.165) is 68.3 Å². The van der Waals surface area contributed by atoms with Crippen LogP contribution in [-0.4, -0.2) is 14.5 Å². The summed E-state index contributed by atoms with van der Waals surface area (Å²) in [7, 11) is 0. The van der Waals surface area contributed by atoms with Gasteiger partial charge in [-0.3, -0.25) is 0 Å². The molecule has 0 saturated heterocycles. The second-order valence-electron chi connectivity index (χ2n) is 14.1. The lowest BCUT2D eigenvalue weighted by Crippen LogP contribution is -1.94. The molecule has 0 saturated carbocycles. The molecule has 0 spiro atoms. The average molecular weight is 722 g/mol. The van der Waals surface area contributed by atoms with E-state index in [2.05, 4.69) is 162 Å². The summed E-state index contributed by atoms with van der Waals surface area (Å²) < 4.78 is 9.24. The van der Waals surface area contributed by atoms with Crippen molar-refractivity contribution in [1.29, 1.82) is 0 Å². The lowest BCUT2D eigenvalue weighted by Gasteiger charge is -2.10. The van der Waals surface area contributed by atoms with Crippen LogP contribution in [0.15, 0.2) is 180 Å². The van der Waals surface area contributed by atoms with E-state index in [9.17, 15) is 0 Å². The van der Waals surface area contributed by atoms with Gasteiger partial charge in [-0.15, -0.1) is 0 Å². The van der Waals surface area contributed by atoms with Gasteiger partial charge in [0.25, 0.3) is 0 Å². The summed E-state index contributed by atoms with van der Waals surface area (Å²) in [5, 5.41) is 5.82. The van der Waals surface area contributed by atoms with Gasteiger partial charge in [0.2, 0.25) is 0 Å². The number of rotatable bonds is 5. The first kappa shape index (κ1) is 33.5. The lowest BCUT2D eigenvalue weighted by molar-refractivity contribution is 0.668. The Balaban J connectivity index is 0.00000189. The highest BCUT2D eigenvalue weighted by Gasteiger charge is 2.21. The average Bonchev–Trinajstić information content (AvgIpc) is 3.83. The molecule has 4 nitrogen and oxygen atoms in total. The van der Waals surface area contributed by atoms with E-state index in [4.69, 9.17) is 14.4 Å². The number of para-hydroxylation sites is 3. The molecule has 3 aromatic heterocycles. The van der Waals surface area contributed by atoms with Crippen LogP contribution < -0.4 is 0 Å². The van der Waals surface area contributed by atoms with E-state index in [-0.39, 0.29) is 0 Å². The zero-order chi connectivity index (χ0) is 37.6. The van der Waals surface area contributed by atoms with Gasteiger partial charge in [0.05, 0.1) is 11.0 Å². The minimum Gasteiger partial charge on any atom is -0.451 e. The van der Waals surface area contributed by atoms with Gasteiger partial charge in [-0.05, 0) is 82.8 Å². The van der Waals surface area contributed by atoms with Gasteiger partial charge in [0, 0.05) is 38.5 Å². The maximum atomic E-state index is 6.90. The van der Waals surface area contributed by atoms with E-state index >= 15 is 0 Å². The van der Waals surface area contributed by atoms with Crippen LogP contribution >= 0.6 is 0 Å². The third kappa shape index (κ3) is 5.61. The summed E-state index contributed by atoms with van der Waals surface area (Å²) in [5.74, 6) is 0.674. The topological polar surface area (TPSA) is 43.9 Å². The van der Waals surface area contributed by atoms with Crippen molar-refractivity contribution >= 4 is 60.2 Å². The first-order valence-corrected chi connectivity index (χ1v) is 19.6. The molecule has 0 N–H and O–H groups in total. The Kier molecular flexibility index (Phi) is 8.37. The minimum absolute atomic E-state index is 0.674. The Hall–Kier alpha value is -7.04. The number of allylic oxidation sites excluding steroid dienone is 4. The van der Waals surface area contributed by atoms with Crippen molar-refractivity contribution in [3.63, 3.8) is 0 Å². The van der Waals surface area contributed by atoms with Gasteiger partial charge in [0.15, 0.2) is 11.4 Å². The zero-order valence-electron chi connectivity index (χ0n) is 31.4. The highest BCUT2D eigenvalue weighted by molar-refractivity contribution is 6.12. The molecular weight excluding hydrogens is 683 g/mol. The molecule has 0 unspecified atom stereocenters. The minimum atomic E-state index is 0.674. The van der Waals surface area contributed by atoms with Crippen molar-refractivity contribution in [2.45, 2.75) is 26.7 Å². The van der Waals surface area contributed by atoms with Crippen molar-refractivity contribution in [3.05, 3.63) is 182 Å². The summed E-state index contributed by atoms with van der Waals surface area (Å²) in [5.41, 5.74) is 13.2. The summed E-state index contributed by atoms with van der Waals surface area (Å²) in [6, 6.07) is 55.9. The van der Waals surface area contributed by atoms with Crippen LogP contribution in [-0.2, 0) is 0 Å². The molecular formula is C52H39N3O. The molecule has 3 heterocycles. The van der Waals surface area contributed by atoms with E-state index in [1.807, 2.05) is 32.0 Å². The largest absolute Gasteiger partial charge is 0.451 e. The van der Waals surface area contributed by atoms with Crippen molar-refractivity contribution in [2.24, 2.45) is 0 Å². The molecule has 1 aliphatic rings. The molecule has 0 amide bonds. The maximum Gasteiger partial charge on any atom is 0.180 e. The molecule has 7 aromatic carbocycles. The fraction of sp³-hybridized carbons (Fsp3) is 0.0769. The second kappa shape index (κ2) is 14.0. The quantitative estimate of drug-likeness (QED) is 0.178. The SMILES string of the molecule is C1=CC(c2ccc3cc(-c4nc(-c5ccccc5)nc5c4oc4c(-c6ccc(-n7c8ccccc8c8ccccc87)cc6)cccc45)ccc3c2)=CCC1.CC. The molecule has 0 bridgehead atoms. The van der Waals surface area contributed by atoms with Crippen LogP contribution in [0.5, 0.6) is 0 Å². The molecule has 0 radical (unpaired) electrons. The smallest absolute Gasteiger partial charge is 0.180 e. The highest BCUT2D eigenvalue weighted by atomic mass is 16.3. The Morgan fingerprint density at radius 2 is 1.16 bits per heavy atom. The number of fused-ring (bicyclic) bond motifs is 7. The van der Waals surface area contributed by atoms with E-state index < -0.39 is 0 Å². The first-order valence-electron chi connectivity index (χ1n) is 19.6. The Bertz CT molecular complexity index is 3090. The fourth-order valence-corrected chi connectivity index (χ4v) is 8.20. The molecule has 4 heteroatoms. The number of aromatic nitrogens is 3. The van der Waals surface area contributed by atoms with Crippen molar-refractivity contribution in [3.8, 4) is 39.5 Å². The molecule has 0 fully saturated rings. The Morgan fingerprint density at radius 1 is 0.518 bits per heavy atom. The van der Waals surface area contributed by atoms with Crippen LogP contribution in [0.4, 0.5) is 0 Å². The first-order chi connectivity index (χ1) is 27.8. The predicted molar refractivity (Wildman–Crippen MR) is 235 cm³/mol. The van der Waals surface area contributed by atoms with Gasteiger partial charge < -0.3 is 8.98 Å². The van der Waals surface area contributed by atoms with Crippen molar-refractivity contribution in [1.82, 2.24) is 14.5 Å². The Morgan fingerprint density at radius 3 is 1.88 bits per heavy atom. The van der Waals surface area contributed by atoms with E-state index in [1.165, 1.54) is 38.3 Å². The molecule has 56 heavy (non-hydrogen) atoms. The number of hydrogen-bond acceptors (Lipinski definition) is 3. The standard InChI is InChI=1S/C50H33N3O.C2H6/c1-3-12-32(13-4-1)35-22-23-37-31-38(25-24-36(37)30-35)46-49-47(52-50(51-46)34-14-5-2-6-15-34)43-19-11-18-40(48(43)54-49)33-26-28-39(29-27-33)53-44-20-9-7-16-41(44)42-17-8-10-21-45(42)53;1-2/h2-3,5-31H,1,4H2;1-2H3. The summed E-state index contributed by atoms with van der Waals surface area (Å²) in [6.07, 6.45) is 9.02. The van der Waals surface area contributed by atoms with E-state index in [1.54, 1.807) is 0 Å². The fourth-order valence-electron chi connectivity index (χ4n) is 8.20. The number of benzene rings is 7. The number of nitrogens with zero attached hydrogens (tertiary/aromatic N) is 3. The van der Waals surface area contributed by atoms with Crippen LogP contribution in [0.3, 0.4) is 0 Å². The second-order valence-corrected chi connectivity index (χ2v) is 14.1.